The molecular formula is C24H26FN3O2. The van der Waals surface area contributed by atoms with Crippen LogP contribution >= 0.6 is 0 Å². The van der Waals surface area contributed by atoms with E-state index in [1.54, 1.807) is 12.1 Å². The number of likely N-dealkylation sites (tertiary alicyclic amines) is 1. The van der Waals surface area contributed by atoms with Gasteiger partial charge in [-0.2, -0.15) is 0 Å². The Balaban J connectivity index is 1.15. The summed E-state index contributed by atoms with van der Waals surface area (Å²) >= 11 is 0. The monoisotopic (exact) mass is 407 g/mol. The third-order valence-corrected chi connectivity index (χ3v) is 6.16. The number of halogens is 1. The Labute approximate surface area is 174 Å². The zero-order chi connectivity index (χ0) is 20.5. The number of aromatic amines is 2. The standard InChI is InChI=1S/C24H26FN3O2/c25-17-4-5-23-20(12-17)21(13-27-23)16-7-10-28(11-8-16)14-18(29)15-30-24-3-1-2-22-19(24)6-9-26-22/h1-6,9,12-13,16,18,26-27,29H,7-8,10-11,14-15H2/t18-/m0/s1. The number of fused-ring (bicyclic) bond motifs is 2. The zero-order valence-electron chi connectivity index (χ0n) is 16.8. The van der Waals surface area contributed by atoms with E-state index in [2.05, 4.69) is 14.9 Å². The molecule has 6 heteroatoms. The smallest absolute Gasteiger partial charge is 0.128 e. The third kappa shape index (κ3) is 3.80. The molecule has 0 aliphatic carbocycles. The Morgan fingerprint density at radius 3 is 2.77 bits per heavy atom. The molecule has 0 bridgehead atoms. The average molecular weight is 407 g/mol. The number of nitrogens with one attached hydrogen (secondary N) is 2. The van der Waals surface area contributed by atoms with Gasteiger partial charge >= 0.3 is 0 Å². The second kappa shape index (κ2) is 8.13. The minimum atomic E-state index is -0.544. The molecule has 4 aromatic rings. The lowest BCUT2D eigenvalue weighted by Gasteiger charge is -2.33. The molecule has 3 N–H and O–H groups in total. The van der Waals surface area contributed by atoms with Crippen molar-refractivity contribution >= 4 is 21.8 Å². The molecule has 156 valence electrons. The Kier molecular flexibility index (Phi) is 5.19. The summed E-state index contributed by atoms with van der Waals surface area (Å²) in [6.45, 7) is 2.69. The molecular weight excluding hydrogens is 381 g/mol. The first-order valence-corrected chi connectivity index (χ1v) is 10.5. The topological polar surface area (TPSA) is 64.3 Å². The Morgan fingerprint density at radius 1 is 1.07 bits per heavy atom. The fourth-order valence-corrected chi connectivity index (χ4v) is 4.60. The lowest BCUT2D eigenvalue weighted by Crippen LogP contribution is -2.40. The normalized spacial score (nSPS) is 17.0. The van der Waals surface area contributed by atoms with Gasteiger partial charge in [0.2, 0.25) is 0 Å². The number of ether oxygens (including phenoxy) is 1. The number of H-pyrrole nitrogens is 2. The highest BCUT2D eigenvalue weighted by Crippen LogP contribution is 2.33. The van der Waals surface area contributed by atoms with Crippen LogP contribution in [0.1, 0.15) is 24.3 Å². The van der Waals surface area contributed by atoms with E-state index in [0.29, 0.717) is 12.5 Å². The average Bonchev–Trinajstić information content (AvgIpc) is 3.40. The van der Waals surface area contributed by atoms with Crippen LogP contribution < -0.4 is 4.74 Å². The van der Waals surface area contributed by atoms with Gasteiger partial charge in [0, 0.05) is 40.7 Å². The van der Waals surface area contributed by atoms with Gasteiger partial charge in [-0.3, -0.25) is 0 Å². The number of aliphatic hydroxyl groups excluding tert-OH is 1. The molecule has 0 saturated carbocycles. The molecule has 30 heavy (non-hydrogen) atoms. The summed E-state index contributed by atoms with van der Waals surface area (Å²) in [5.41, 5.74) is 3.22. The number of β-amino-alcohol motifs (C(OH)–C–C–N with tert-alkyl or cyclic N) is 1. The van der Waals surface area contributed by atoms with E-state index >= 15 is 0 Å². The van der Waals surface area contributed by atoms with Crippen molar-refractivity contribution in [2.75, 3.05) is 26.2 Å². The molecule has 1 saturated heterocycles. The highest BCUT2D eigenvalue weighted by atomic mass is 19.1. The fraction of sp³-hybridized carbons (Fsp3) is 0.333. The number of hydrogen-bond donors (Lipinski definition) is 3. The summed E-state index contributed by atoms with van der Waals surface area (Å²) in [5, 5.41) is 12.5. The summed E-state index contributed by atoms with van der Waals surface area (Å²) in [7, 11) is 0. The predicted octanol–water partition coefficient (Wildman–Crippen LogP) is 4.41. The third-order valence-electron chi connectivity index (χ3n) is 6.16. The van der Waals surface area contributed by atoms with Crippen LogP contribution in [-0.4, -0.2) is 52.3 Å². The summed E-state index contributed by atoms with van der Waals surface area (Å²) in [6, 6.07) is 12.8. The van der Waals surface area contributed by atoms with E-state index < -0.39 is 6.10 Å². The van der Waals surface area contributed by atoms with Crippen LogP contribution in [0.15, 0.2) is 54.9 Å². The van der Waals surface area contributed by atoms with Crippen molar-refractivity contribution in [3.8, 4) is 5.75 Å². The molecule has 0 amide bonds. The van der Waals surface area contributed by atoms with Crippen LogP contribution in [-0.2, 0) is 0 Å². The molecule has 0 spiro atoms. The zero-order valence-corrected chi connectivity index (χ0v) is 16.8. The minimum Gasteiger partial charge on any atom is -0.490 e. The Morgan fingerprint density at radius 2 is 1.90 bits per heavy atom. The van der Waals surface area contributed by atoms with Gasteiger partial charge < -0.3 is 24.7 Å². The van der Waals surface area contributed by atoms with Crippen LogP contribution in [0.4, 0.5) is 4.39 Å². The number of benzene rings is 2. The highest BCUT2D eigenvalue weighted by molar-refractivity contribution is 5.85. The van der Waals surface area contributed by atoms with Crippen LogP contribution in [0.3, 0.4) is 0 Å². The second-order valence-corrected chi connectivity index (χ2v) is 8.17. The van der Waals surface area contributed by atoms with Gasteiger partial charge in [0.15, 0.2) is 0 Å². The first-order chi connectivity index (χ1) is 14.7. The largest absolute Gasteiger partial charge is 0.490 e. The first-order valence-electron chi connectivity index (χ1n) is 10.5. The number of nitrogens with zero attached hydrogens (tertiary/aromatic N) is 1. The number of aromatic nitrogens is 2. The van der Waals surface area contributed by atoms with Gasteiger partial charge in [0.05, 0.1) is 0 Å². The van der Waals surface area contributed by atoms with Gasteiger partial charge in [-0.05, 0) is 73.8 Å². The minimum absolute atomic E-state index is 0.195. The van der Waals surface area contributed by atoms with E-state index in [9.17, 15) is 9.50 Å². The summed E-state index contributed by atoms with van der Waals surface area (Å²) in [5.74, 6) is 1.01. The van der Waals surface area contributed by atoms with Crippen LogP contribution in [0.2, 0.25) is 0 Å². The van der Waals surface area contributed by atoms with Crippen molar-refractivity contribution in [1.82, 2.24) is 14.9 Å². The number of piperidine rings is 1. The van der Waals surface area contributed by atoms with Crippen molar-refractivity contribution in [2.45, 2.75) is 24.9 Å². The van der Waals surface area contributed by atoms with E-state index in [1.807, 2.05) is 36.7 Å². The molecule has 5 rings (SSSR count). The quantitative estimate of drug-likeness (QED) is 0.444. The molecule has 1 aliphatic rings. The maximum Gasteiger partial charge on any atom is 0.128 e. The predicted molar refractivity (Wildman–Crippen MR) is 116 cm³/mol. The maximum atomic E-state index is 13.7. The molecule has 3 heterocycles. The van der Waals surface area contributed by atoms with E-state index in [-0.39, 0.29) is 12.4 Å². The maximum absolute atomic E-state index is 13.7. The second-order valence-electron chi connectivity index (χ2n) is 8.17. The lowest BCUT2D eigenvalue weighted by atomic mass is 9.89. The number of rotatable bonds is 6. The SMILES string of the molecule is O[C@H](COc1cccc2[nH]ccc12)CN1CCC(c2c[nH]c3ccc(F)cc23)CC1. The van der Waals surface area contributed by atoms with Crippen molar-refractivity contribution in [2.24, 2.45) is 0 Å². The van der Waals surface area contributed by atoms with Crippen molar-refractivity contribution < 1.29 is 14.2 Å². The van der Waals surface area contributed by atoms with Crippen molar-refractivity contribution in [3.63, 3.8) is 0 Å². The summed E-state index contributed by atoms with van der Waals surface area (Å²) in [4.78, 5) is 8.72. The van der Waals surface area contributed by atoms with Gasteiger partial charge in [-0.25, -0.2) is 4.39 Å². The highest BCUT2D eigenvalue weighted by Gasteiger charge is 2.24. The number of hydrogen-bond acceptors (Lipinski definition) is 3. The van der Waals surface area contributed by atoms with Crippen LogP contribution in [0, 0.1) is 5.82 Å². The lowest BCUT2D eigenvalue weighted by molar-refractivity contribution is 0.0599. The van der Waals surface area contributed by atoms with Gasteiger partial charge in [-0.15, -0.1) is 0 Å². The number of aliphatic hydroxyl groups is 1. The fourth-order valence-electron chi connectivity index (χ4n) is 4.60. The van der Waals surface area contributed by atoms with E-state index in [0.717, 1.165) is 53.5 Å². The summed E-state index contributed by atoms with van der Waals surface area (Å²) < 4.78 is 19.6. The molecule has 2 aromatic heterocycles. The first kappa shape index (κ1) is 19.2. The van der Waals surface area contributed by atoms with Crippen molar-refractivity contribution in [1.29, 1.82) is 0 Å². The van der Waals surface area contributed by atoms with Crippen molar-refractivity contribution in [3.05, 3.63) is 66.2 Å². The summed E-state index contributed by atoms with van der Waals surface area (Å²) in [6.07, 6.45) is 5.37. The van der Waals surface area contributed by atoms with E-state index in [1.165, 1.54) is 11.6 Å². The van der Waals surface area contributed by atoms with Gasteiger partial charge in [0.25, 0.3) is 0 Å². The molecule has 2 aromatic carbocycles. The Bertz CT molecular complexity index is 1140. The van der Waals surface area contributed by atoms with Crippen LogP contribution in [0.25, 0.3) is 21.8 Å². The molecule has 0 radical (unpaired) electrons. The molecule has 1 atom stereocenters. The molecule has 5 nitrogen and oxygen atoms in total. The molecule has 1 fully saturated rings. The Hall–Kier alpha value is -2.83. The van der Waals surface area contributed by atoms with Crippen LogP contribution in [0.5, 0.6) is 5.75 Å². The molecule has 1 aliphatic heterocycles. The van der Waals surface area contributed by atoms with E-state index in [4.69, 9.17) is 4.74 Å². The molecule has 0 unspecified atom stereocenters. The van der Waals surface area contributed by atoms with Gasteiger partial charge in [0.1, 0.15) is 24.3 Å². The van der Waals surface area contributed by atoms with Gasteiger partial charge in [-0.1, -0.05) is 6.07 Å².